The van der Waals surface area contributed by atoms with E-state index in [1.54, 1.807) is 0 Å². The zero-order valence-electron chi connectivity index (χ0n) is 9.67. The van der Waals surface area contributed by atoms with Crippen molar-refractivity contribution in [3.8, 4) is 0 Å². The number of hydrogen-bond acceptors (Lipinski definition) is 9. The molecule has 11 heteroatoms. The van der Waals surface area contributed by atoms with E-state index < -0.39 is 50.2 Å². The Morgan fingerprint density at radius 2 is 0.550 bits per heavy atom. The van der Waals surface area contributed by atoms with Crippen LogP contribution in [0, 0.1) is 0 Å². The molecule has 0 aliphatic carbocycles. The molecule has 118 valence electrons. The molecule has 0 saturated carbocycles. The topological polar surface area (TPSA) is 154 Å². The smallest absolute Gasteiger partial charge is 0 e. The van der Waals surface area contributed by atoms with Gasteiger partial charge in [-0.3, -0.25) is 0 Å². The van der Waals surface area contributed by atoms with Gasteiger partial charge >= 0.3 is 88.6 Å². The molecule has 0 unspecified atom stereocenters. The summed E-state index contributed by atoms with van der Waals surface area (Å²) >= 11 is 0. The SMILES string of the molecule is C=O.O=[CH][Co]([CH]=O)([CH]=O)([CH]=O)([CH]=O)([CH]=O)([CH]=O)[CH]=O.[Co]. The molecule has 0 aromatic rings. The van der Waals surface area contributed by atoms with E-state index in [1.807, 2.05) is 6.79 Å². The van der Waals surface area contributed by atoms with E-state index in [0.717, 1.165) is 0 Å². The second kappa shape index (κ2) is 3.78. The Morgan fingerprint density at radius 3 is 0.550 bits per heavy atom. The van der Waals surface area contributed by atoms with Gasteiger partial charge in [-0.15, -0.1) is 0 Å². The Balaban J connectivity index is -0.000000916. The summed E-state index contributed by atoms with van der Waals surface area (Å²) in [7, 11) is -8.64. The third-order valence-electron chi connectivity index (χ3n) is 2.54. The van der Waals surface area contributed by atoms with Gasteiger partial charge in [0, 0.05) is 16.8 Å². The van der Waals surface area contributed by atoms with Crippen LogP contribution in [0.5, 0.6) is 0 Å². The molecule has 0 aromatic heterocycles. The van der Waals surface area contributed by atoms with E-state index >= 15 is 0 Å². The molecule has 0 fully saturated rings. The number of carbonyl (C=O) groups excluding carboxylic acids is 9. The van der Waals surface area contributed by atoms with Crippen molar-refractivity contribution in [2.45, 2.75) is 0 Å². The molecule has 0 spiro atoms. The monoisotopic (exact) mass is 380 g/mol. The van der Waals surface area contributed by atoms with Gasteiger partial charge in [-0.05, 0) is 0 Å². The third-order valence-corrected chi connectivity index (χ3v) is 10.5. The predicted molar refractivity (Wildman–Crippen MR) is 61.1 cm³/mol. The van der Waals surface area contributed by atoms with Gasteiger partial charge in [0.25, 0.3) is 0 Å². The zero-order chi connectivity index (χ0) is 16.0. The standard InChI is InChI=1S/CH2O.8CHO.2Co/c9*1-2;;/h1H2;8*1H;;. The number of carbonyl (C=O) groups is 9. The van der Waals surface area contributed by atoms with Crippen molar-refractivity contribution in [1.29, 1.82) is 0 Å². The van der Waals surface area contributed by atoms with Crippen molar-refractivity contribution in [3.63, 3.8) is 0 Å². The minimum Gasteiger partial charge on any atom is 0 e. The zero-order valence-corrected chi connectivity index (χ0v) is 11.7. The van der Waals surface area contributed by atoms with Crippen LogP contribution in [-0.2, 0) is 68.4 Å². The molecular formula is C9H10Co2O9. The first-order valence-corrected chi connectivity index (χ1v) is 8.52. The summed E-state index contributed by atoms with van der Waals surface area (Å²) in [5.74, 6) is 0. The summed E-state index contributed by atoms with van der Waals surface area (Å²) in [5.41, 5.74) is 0. The molecule has 0 atom stereocenters. The van der Waals surface area contributed by atoms with Crippen LogP contribution in [0.3, 0.4) is 0 Å². The van der Waals surface area contributed by atoms with Crippen molar-refractivity contribution in [2.24, 2.45) is 0 Å². The van der Waals surface area contributed by atoms with Gasteiger partial charge in [-0.1, -0.05) is 0 Å². The summed E-state index contributed by atoms with van der Waals surface area (Å²) in [6, 6.07) is 0. The Bertz CT molecular complexity index is 412. The van der Waals surface area contributed by atoms with Crippen LogP contribution >= 0.6 is 0 Å². The van der Waals surface area contributed by atoms with Gasteiger partial charge in [0.2, 0.25) is 0 Å². The molecule has 0 bridgehead atoms. The maximum atomic E-state index is 11.2. The summed E-state index contributed by atoms with van der Waals surface area (Å²) in [4.78, 5) is 97.4. The maximum absolute atomic E-state index is 11.2. The Labute approximate surface area is 117 Å². The van der Waals surface area contributed by atoms with Crippen LogP contribution < -0.4 is 0 Å². The largest absolute Gasteiger partial charge is 0 e. The molecule has 1 radical (unpaired) electrons. The molecule has 9 nitrogen and oxygen atoms in total. The van der Waals surface area contributed by atoms with Gasteiger partial charge < -0.3 is 4.79 Å². The van der Waals surface area contributed by atoms with Gasteiger partial charge in [-0.25, -0.2) is 0 Å². The molecule has 0 N–H and O–H groups in total. The van der Waals surface area contributed by atoms with E-state index in [1.165, 1.54) is 0 Å². The Hall–Kier alpha value is -1.96. The molecule has 0 rings (SSSR count). The molecule has 0 heterocycles. The van der Waals surface area contributed by atoms with Crippen molar-refractivity contribution in [3.05, 3.63) is 0 Å². The van der Waals surface area contributed by atoms with Gasteiger partial charge in [0.1, 0.15) is 6.79 Å². The fourth-order valence-corrected chi connectivity index (χ4v) is 2.14. The van der Waals surface area contributed by atoms with Crippen LogP contribution in [0.4, 0.5) is 0 Å². The van der Waals surface area contributed by atoms with Gasteiger partial charge in [-0.2, -0.15) is 0 Å². The van der Waals surface area contributed by atoms with E-state index in [4.69, 9.17) is 4.79 Å². The first-order chi connectivity index (χ1) is 8.66. The van der Waals surface area contributed by atoms with Crippen LogP contribution in [0.1, 0.15) is 0 Å². The normalized spacial score (nSPS) is 17.0. The second-order valence-corrected chi connectivity index (χ2v) is 15.4. The van der Waals surface area contributed by atoms with Crippen LogP contribution in [0.15, 0.2) is 0 Å². The van der Waals surface area contributed by atoms with Crippen LogP contribution in [0.25, 0.3) is 0 Å². The number of rotatable bonds is 8. The molecule has 20 heavy (non-hydrogen) atoms. The van der Waals surface area contributed by atoms with Crippen LogP contribution in [0.2, 0.25) is 0 Å². The quantitative estimate of drug-likeness (QED) is 0.420. The van der Waals surface area contributed by atoms with E-state index in [-0.39, 0.29) is 16.8 Å². The van der Waals surface area contributed by atoms with E-state index in [0.29, 0.717) is 0 Å². The average molecular weight is 380 g/mol. The van der Waals surface area contributed by atoms with Crippen LogP contribution in [-0.4, -0.2) is 48.6 Å². The van der Waals surface area contributed by atoms with Crippen molar-refractivity contribution < 1.29 is 68.4 Å². The molecular weight excluding hydrogens is 370 g/mol. The Kier molecular flexibility index (Phi) is 4.38. The van der Waals surface area contributed by atoms with E-state index in [9.17, 15) is 38.4 Å². The molecule has 0 saturated heterocycles. The minimum absolute atomic E-state index is 0. The predicted octanol–water partition coefficient (Wildman–Crippen LogP) is -2.38. The fraction of sp³-hybridized carbons (Fsp3) is 0. The van der Waals surface area contributed by atoms with Gasteiger partial charge in [0.05, 0.1) is 0 Å². The Morgan fingerprint density at radius 1 is 0.450 bits per heavy atom. The number of hydrogen-bond donors (Lipinski definition) is 0. The second-order valence-electron chi connectivity index (χ2n) is 3.74. The van der Waals surface area contributed by atoms with E-state index in [2.05, 4.69) is 0 Å². The summed E-state index contributed by atoms with van der Waals surface area (Å²) in [6.07, 6.45) is 0. The van der Waals surface area contributed by atoms with Crippen molar-refractivity contribution in [2.75, 3.05) is 0 Å². The fourth-order valence-electron chi connectivity index (χ4n) is 0.519. The molecule has 0 aliphatic heterocycles. The molecule has 0 aliphatic rings. The summed E-state index contributed by atoms with van der Waals surface area (Å²) < 4.78 is 0. The minimum atomic E-state index is -8.64. The van der Waals surface area contributed by atoms with Crippen molar-refractivity contribution in [1.82, 2.24) is 0 Å². The first kappa shape index (κ1) is 23.2. The summed E-state index contributed by atoms with van der Waals surface area (Å²) in [6.45, 7) is 2.00. The van der Waals surface area contributed by atoms with Crippen molar-refractivity contribution >= 4 is 48.6 Å². The third kappa shape index (κ3) is 1.24. The molecule has 0 amide bonds. The average Bonchev–Trinajstić information content (AvgIpc) is 2.58. The summed E-state index contributed by atoms with van der Waals surface area (Å²) in [5, 5.41) is -8.31. The molecule has 0 aromatic carbocycles. The maximum Gasteiger partial charge on any atom is 0 e. The van der Waals surface area contributed by atoms with Gasteiger partial charge in [0.15, 0.2) is 0 Å². The first-order valence-electron chi connectivity index (χ1n) is 3.71.